The molecule has 0 spiro atoms. The third-order valence-corrected chi connectivity index (χ3v) is 1.17. The summed E-state index contributed by atoms with van der Waals surface area (Å²) in [6.45, 7) is 4.37. The van der Waals surface area contributed by atoms with E-state index in [0.29, 0.717) is 0 Å². The molecule has 5 heteroatoms. The molecule has 0 aliphatic carbocycles. The Balaban J connectivity index is -0.000000405. The number of carboxylic acid groups (broad SMARTS) is 2. The first kappa shape index (κ1) is 13.9. The molecule has 11 heavy (non-hydrogen) atoms. The zero-order valence-electron chi connectivity index (χ0n) is 7.50. The quantitative estimate of drug-likeness (QED) is 0.374. The van der Waals surface area contributed by atoms with Crippen LogP contribution in [0.5, 0.6) is 0 Å². The average molecular weight is 184 g/mol. The first-order valence-corrected chi connectivity index (χ1v) is 2.61. The van der Waals surface area contributed by atoms with Gasteiger partial charge in [0.2, 0.25) is 0 Å². The van der Waals surface area contributed by atoms with E-state index in [1.165, 1.54) is 6.92 Å². The third kappa shape index (κ3) is 4.70. The molecule has 1 unspecified atom stereocenters. The molecule has 1 atom stereocenters. The normalized spacial score (nSPS) is 11.0. The van der Waals surface area contributed by atoms with E-state index in [4.69, 9.17) is 10.2 Å². The summed E-state index contributed by atoms with van der Waals surface area (Å²) in [7, 11) is 0. The Labute approximate surface area is 108 Å². The fourth-order valence-corrected chi connectivity index (χ4v) is 0.334. The zero-order chi connectivity index (χ0) is 8.31. The molecule has 0 radical (unpaired) electrons. The summed E-state index contributed by atoms with van der Waals surface area (Å²) in [6.07, 6.45) is 0. The standard InChI is InChI=1S/C6H8O4.K.H/c1-3(5(7)8)4(2)6(9)10;;/h4H,1H2,2H3,(H,7,8)(H,9,10);;/q;+1;-1. The molecule has 58 valence electrons. The van der Waals surface area contributed by atoms with Gasteiger partial charge in [-0.1, -0.05) is 6.58 Å². The Morgan fingerprint density at radius 3 is 1.91 bits per heavy atom. The maximum absolute atomic E-state index is 10.1. The molecule has 0 heterocycles. The van der Waals surface area contributed by atoms with Gasteiger partial charge in [0.15, 0.2) is 0 Å². The third-order valence-electron chi connectivity index (χ3n) is 1.17. The van der Waals surface area contributed by atoms with Gasteiger partial charge in [-0.25, -0.2) is 4.79 Å². The van der Waals surface area contributed by atoms with Crippen molar-refractivity contribution in [3.63, 3.8) is 0 Å². The fourth-order valence-electron chi connectivity index (χ4n) is 0.334. The van der Waals surface area contributed by atoms with Crippen LogP contribution < -0.4 is 51.4 Å². The second-order valence-corrected chi connectivity index (χ2v) is 1.89. The molecule has 0 fully saturated rings. The van der Waals surface area contributed by atoms with Crippen LogP contribution in [0.15, 0.2) is 12.2 Å². The maximum atomic E-state index is 10.1. The Kier molecular flexibility index (Phi) is 7.45. The first-order valence-electron chi connectivity index (χ1n) is 2.61. The van der Waals surface area contributed by atoms with Gasteiger partial charge in [0.1, 0.15) is 0 Å². The van der Waals surface area contributed by atoms with E-state index in [0.717, 1.165) is 0 Å². The smallest absolute Gasteiger partial charge is 1.00 e. The van der Waals surface area contributed by atoms with Gasteiger partial charge in [-0.15, -0.1) is 0 Å². The van der Waals surface area contributed by atoms with E-state index < -0.39 is 17.9 Å². The Morgan fingerprint density at radius 2 is 1.82 bits per heavy atom. The number of aliphatic carboxylic acids is 2. The van der Waals surface area contributed by atoms with Gasteiger partial charge in [-0.3, -0.25) is 4.79 Å². The van der Waals surface area contributed by atoms with Crippen LogP contribution in [-0.4, -0.2) is 22.2 Å². The zero-order valence-corrected chi connectivity index (χ0v) is 9.62. The van der Waals surface area contributed by atoms with Crippen LogP contribution in [0, 0.1) is 5.92 Å². The number of carbonyl (C=O) groups is 2. The summed E-state index contributed by atoms with van der Waals surface area (Å²) >= 11 is 0. The predicted molar refractivity (Wildman–Crippen MR) is 34.7 cm³/mol. The minimum atomic E-state index is -1.27. The monoisotopic (exact) mass is 184 g/mol. The van der Waals surface area contributed by atoms with Crippen molar-refractivity contribution in [2.45, 2.75) is 6.92 Å². The summed E-state index contributed by atoms with van der Waals surface area (Å²) < 4.78 is 0. The van der Waals surface area contributed by atoms with Crippen molar-refractivity contribution >= 4 is 11.9 Å². The molecule has 0 aliphatic rings. The second-order valence-electron chi connectivity index (χ2n) is 1.89. The Hall–Kier alpha value is 0.316. The molecular weight excluding hydrogens is 175 g/mol. The van der Waals surface area contributed by atoms with Crippen LogP contribution in [0.25, 0.3) is 0 Å². The minimum absolute atomic E-state index is 0. The van der Waals surface area contributed by atoms with Gasteiger partial charge in [0.05, 0.1) is 5.92 Å². The molecule has 0 rings (SSSR count). The van der Waals surface area contributed by atoms with Gasteiger partial charge in [0, 0.05) is 5.57 Å². The Morgan fingerprint density at radius 1 is 1.45 bits per heavy atom. The summed E-state index contributed by atoms with van der Waals surface area (Å²) in [5.74, 6) is -3.46. The molecule has 0 bridgehead atoms. The first-order chi connectivity index (χ1) is 4.46. The summed E-state index contributed by atoms with van der Waals surface area (Å²) in [5.41, 5.74) is -0.299. The number of carboxylic acids is 2. The SMILES string of the molecule is C=C(C(=O)O)C(C)C(=O)O.[H-].[K+]. The summed E-state index contributed by atoms with van der Waals surface area (Å²) in [4.78, 5) is 20.2. The topological polar surface area (TPSA) is 74.6 Å². The largest absolute Gasteiger partial charge is 1.00 e. The molecule has 2 N–H and O–H groups in total. The average Bonchev–Trinajstić information content (AvgIpc) is 1.84. The van der Waals surface area contributed by atoms with E-state index in [1.54, 1.807) is 0 Å². The predicted octanol–water partition coefficient (Wildman–Crippen LogP) is -2.54. The van der Waals surface area contributed by atoms with E-state index in [9.17, 15) is 9.59 Å². The van der Waals surface area contributed by atoms with Gasteiger partial charge in [-0.05, 0) is 6.92 Å². The fraction of sp³-hybridized carbons (Fsp3) is 0.333. The van der Waals surface area contributed by atoms with Crippen molar-refractivity contribution in [3.05, 3.63) is 12.2 Å². The molecule has 4 nitrogen and oxygen atoms in total. The van der Waals surface area contributed by atoms with Crippen LogP contribution >= 0.6 is 0 Å². The van der Waals surface area contributed by atoms with Gasteiger partial charge < -0.3 is 11.6 Å². The second kappa shape index (κ2) is 5.90. The van der Waals surface area contributed by atoms with Crippen molar-refractivity contribution in [3.8, 4) is 0 Å². The van der Waals surface area contributed by atoms with Gasteiger partial charge >= 0.3 is 63.3 Å². The van der Waals surface area contributed by atoms with E-state index >= 15 is 0 Å². The van der Waals surface area contributed by atoms with Crippen LogP contribution in [0.2, 0.25) is 0 Å². The van der Waals surface area contributed by atoms with Crippen molar-refractivity contribution < 1.29 is 72.6 Å². The minimum Gasteiger partial charge on any atom is -1.00 e. The van der Waals surface area contributed by atoms with Crippen molar-refractivity contribution in [2.24, 2.45) is 5.92 Å². The number of rotatable bonds is 3. The molecule has 0 amide bonds. The maximum Gasteiger partial charge on any atom is 1.00 e. The van der Waals surface area contributed by atoms with Crippen LogP contribution in [0.3, 0.4) is 0 Å². The van der Waals surface area contributed by atoms with E-state index in [2.05, 4.69) is 6.58 Å². The summed E-state index contributed by atoms with van der Waals surface area (Å²) in [5, 5.41) is 16.5. The van der Waals surface area contributed by atoms with Crippen LogP contribution in [0.1, 0.15) is 8.35 Å². The van der Waals surface area contributed by atoms with E-state index in [1.807, 2.05) is 0 Å². The van der Waals surface area contributed by atoms with Crippen molar-refractivity contribution in [1.82, 2.24) is 0 Å². The van der Waals surface area contributed by atoms with E-state index in [-0.39, 0.29) is 58.4 Å². The van der Waals surface area contributed by atoms with Crippen molar-refractivity contribution in [2.75, 3.05) is 0 Å². The van der Waals surface area contributed by atoms with Crippen molar-refractivity contribution in [1.29, 1.82) is 0 Å². The molecule has 0 aromatic rings. The van der Waals surface area contributed by atoms with Gasteiger partial charge in [-0.2, -0.15) is 0 Å². The summed E-state index contributed by atoms with van der Waals surface area (Å²) in [6, 6.07) is 0. The molecule has 0 saturated heterocycles. The van der Waals surface area contributed by atoms with Crippen LogP contribution in [0.4, 0.5) is 0 Å². The van der Waals surface area contributed by atoms with Crippen LogP contribution in [-0.2, 0) is 9.59 Å². The number of hydrogen-bond donors (Lipinski definition) is 2. The van der Waals surface area contributed by atoms with Gasteiger partial charge in [0.25, 0.3) is 0 Å². The molecule has 0 aliphatic heterocycles. The molecular formula is C6H9KO4. The number of hydrogen-bond acceptors (Lipinski definition) is 2. The Bertz CT molecular complexity index is 192. The molecule has 0 aromatic heterocycles. The molecule has 0 aromatic carbocycles. The molecule has 0 saturated carbocycles.